The van der Waals surface area contributed by atoms with Crippen molar-refractivity contribution in [2.45, 2.75) is 36.1 Å². The lowest BCUT2D eigenvalue weighted by atomic mass is 10.2. The maximum atomic E-state index is 13.0. The molecule has 1 N–H and O–H groups in total. The zero-order chi connectivity index (χ0) is 18.3. The average molecular weight is 398 g/mol. The summed E-state index contributed by atoms with van der Waals surface area (Å²) < 4.78 is 33.4. The second kappa shape index (κ2) is 7.01. The van der Waals surface area contributed by atoms with Gasteiger partial charge in [-0.15, -0.1) is 11.3 Å². The fourth-order valence-electron chi connectivity index (χ4n) is 3.55. The van der Waals surface area contributed by atoms with Crippen molar-refractivity contribution in [2.75, 3.05) is 33.2 Å². The summed E-state index contributed by atoms with van der Waals surface area (Å²) in [5, 5.41) is 7.47. The SMILES string of the molecule is Cc1ccc(S(=O)(=O)N2CCCC2c2nc(C3CNCCN3C)no2)s1. The molecule has 142 valence electrons. The molecule has 0 amide bonds. The highest BCUT2D eigenvalue weighted by atomic mass is 32.2. The summed E-state index contributed by atoms with van der Waals surface area (Å²) in [6, 6.07) is 3.17. The van der Waals surface area contributed by atoms with Gasteiger partial charge in [0.2, 0.25) is 5.89 Å². The number of aromatic nitrogens is 2. The van der Waals surface area contributed by atoms with Crippen LogP contribution in [0.1, 0.15) is 41.5 Å². The van der Waals surface area contributed by atoms with Crippen molar-refractivity contribution in [2.24, 2.45) is 0 Å². The van der Waals surface area contributed by atoms with Crippen molar-refractivity contribution in [3.63, 3.8) is 0 Å². The lowest BCUT2D eigenvalue weighted by Gasteiger charge is -2.30. The summed E-state index contributed by atoms with van der Waals surface area (Å²) in [5.74, 6) is 1.01. The lowest BCUT2D eigenvalue weighted by Crippen LogP contribution is -2.44. The van der Waals surface area contributed by atoms with Crippen molar-refractivity contribution in [1.29, 1.82) is 0 Å². The zero-order valence-electron chi connectivity index (χ0n) is 14.9. The Labute approximate surface area is 157 Å². The van der Waals surface area contributed by atoms with Crippen LogP contribution in [0.25, 0.3) is 0 Å². The lowest BCUT2D eigenvalue weighted by molar-refractivity contribution is 0.190. The minimum atomic E-state index is -3.54. The molecule has 2 aromatic heterocycles. The Hall–Kier alpha value is -1.33. The van der Waals surface area contributed by atoms with E-state index in [1.807, 2.05) is 20.0 Å². The van der Waals surface area contributed by atoms with E-state index >= 15 is 0 Å². The molecule has 2 aliphatic rings. The van der Waals surface area contributed by atoms with Crippen LogP contribution < -0.4 is 5.32 Å². The molecule has 2 aliphatic heterocycles. The van der Waals surface area contributed by atoms with Crippen LogP contribution >= 0.6 is 11.3 Å². The van der Waals surface area contributed by atoms with Gasteiger partial charge in [-0.05, 0) is 38.9 Å². The number of hydrogen-bond acceptors (Lipinski definition) is 8. The third-order valence-corrected chi connectivity index (χ3v) is 8.41. The van der Waals surface area contributed by atoms with Crippen LogP contribution in [0.4, 0.5) is 0 Å². The van der Waals surface area contributed by atoms with Crippen molar-refractivity contribution in [3.05, 3.63) is 28.7 Å². The Kier molecular flexibility index (Phi) is 4.86. The molecule has 0 aromatic carbocycles. The van der Waals surface area contributed by atoms with Gasteiger partial charge < -0.3 is 9.84 Å². The highest BCUT2D eigenvalue weighted by molar-refractivity contribution is 7.91. The molecule has 2 unspecified atom stereocenters. The Balaban J connectivity index is 1.59. The fraction of sp³-hybridized carbons (Fsp3) is 0.625. The second-order valence-corrected chi connectivity index (χ2v) is 10.2. The number of thiophene rings is 1. The summed E-state index contributed by atoms with van der Waals surface area (Å²) in [7, 11) is -1.51. The van der Waals surface area contributed by atoms with E-state index in [0.29, 0.717) is 28.9 Å². The molecule has 0 spiro atoms. The highest BCUT2D eigenvalue weighted by Gasteiger charge is 2.40. The van der Waals surface area contributed by atoms with E-state index in [9.17, 15) is 8.42 Å². The average Bonchev–Trinajstić information content (AvgIpc) is 3.35. The first-order chi connectivity index (χ1) is 12.5. The van der Waals surface area contributed by atoms with Gasteiger partial charge in [-0.2, -0.15) is 9.29 Å². The Morgan fingerprint density at radius 2 is 2.15 bits per heavy atom. The van der Waals surface area contributed by atoms with Crippen LogP contribution in [-0.4, -0.2) is 61.0 Å². The van der Waals surface area contributed by atoms with Crippen LogP contribution in [0, 0.1) is 6.92 Å². The van der Waals surface area contributed by atoms with Crippen LogP contribution in [0.15, 0.2) is 20.9 Å². The van der Waals surface area contributed by atoms with Gasteiger partial charge in [0.15, 0.2) is 5.82 Å². The van der Waals surface area contributed by atoms with E-state index < -0.39 is 10.0 Å². The fourth-order valence-corrected chi connectivity index (χ4v) is 6.62. The molecule has 2 atom stereocenters. The number of rotatable bonds is 4. The van der Waals surface area contributed by atoms with Crippen molar-refractivity contribution in [3.8, 4) is 0 Å². The first-order valence-corrected chi connectivity index (χ1v) is 11.1. The van der Waals surface area contributed by atoms with Gasteiger partial charge in [-0.3, -0.25) is 4.90 Å². The van der Waals surface area contributed by atoms with Gasteiger partial charge in [0, 0.05) is 31.1 Å². The summed E-state index contributed by atoms with van der Waals surface area (Å²) in [6.45, 7) is 5.00. The molecule has 2 saturated heterocycles. The number of likely N-dealkylation sites (N-methyl/N-ethyl adjacent to an activating group) is 1. The van der Waals surface area contributed by atoms with Crippen molar-refractivity contribution in [1.82, 2.24) is 24.7 Å². The van der Waals surface area contributed by atoms with Gasteiger partial charge >= 0.3 is 0 Å². The molecule has 0 aliphatic carbocycles. The maximum Gasteiger partial charge on any atom is 0.253 e. The van der Waals surface area contributed by atoms with Gasteiger partial charge in [-0.25, -0.2) is 8.42 Å². The summed E-state index contributed by atoms with van der Waals surface area (Å²) in [6.07, 6.45) is 1.49. The van der Waals surface area contributed by atoms with Gasteiger partial charge in [0.05, 0.1) is 6.04 Å². The third kappa shape index (κ3) is 3.20. The van der Waals surface area contributed by atoms with Crippen LogP contribution in [-0.2, 0) is 10.0 Å². The normalized spacial score (nSPS) is 25.8. The van der Waals surface area contributed by atoms with E-state index in [0.717, 1.165) is 30.9 Å². The molecular weight excluding hydrogens is 374 g/mol. The number of aryl methyl sites for hydroxylation is 1. The number of nitrogens with one attached hydrogen (secondary N) is 1. The minimum absolute atomic E-state index is 0.0488. The Morgan fingerprint density at radius 3 is 2.88 bits per heavy atom. The van der Waals surface area contributed by atoms with Gasteiger partial charge in [-0.1, -0.05) is 5.16 Å². The molecule has 4 heterocycles. The molecule has 8 nitrogen and oxygen atoms in total. The van der Waals surface area contributed by atoms with Crippen LogP contribution in [0.3, 0.4) is 0 Å². The molecule has 2 aromatic rings. The van der Waals surface area contributed by atoms with Crippen LogP contribution in [0.2, 0.25) is 0 Å². The van der Waals surface area contributed by atoms with Crippen molar-refractivity contribution >= 4 is 21.4 Å². The zero-order valence-corrected chi connectivity index (χ0v) is 16.5. The summed E-state index contributed by atoms with van der Waals surface area (Å²) in [4.78, 5) is 7.73. The third-order valence-electron chi connectivity index (χ3n) is 5.03. The van der Waals surface area contributed by atoms with E-state index in [1.54, 1.807) is 6.07 Å². The van der Waals surface area contributed by atoms with E-state index in [4.69, 9.17) is 4.52 Å². The van der Waals surface area contributed by atoms with E-state index in [1.165, 1.54) is 15.6 Å². The smallest absolute Gasteiger partial charge is 0.253 e. The first-order valence-electron chi connectivity index (χ1n) is 8.79. The van der Waals surface area contributed by atoms with Crippen molar-refractivity contribution < 1.29 is 12.9 Å². The predicted octanol–water partition coefficient (Wildman–Crippen LogP) is 1.54. The first kappa shape index (κ1) is 18.1. The molecule has 26 heavy (non-hydrogen) atoms. The standard InChI is InChI=1S/C16H23N5O3S2/c1-11-5-6-14(25-11)26(22,23)21-8-3-4-12(21)16-18-15(19-24-16)13-10-17-7-9-20(13)2/h5-6,12-13,17H,3-4,7-10H2,1-2H3. The molecular formula is C16H23N5O3S2. The monoisotopic (exact) mass is 397 g/mol. The van der Waals surface area contributed by atoms with Gasteiger partial charge in [0.1, 0.15) is 10.3 Å². The quantitative estimate of drug-likeness (QED) is 0.837. The molecule has 10 heteroatoms. The molecule has 0 bridgehead atoms. The number of hydrogen-bond donors (Lipinski definition) is 1. The second-order valence-electron chi connectivity index (χ2n) is 6.83. The Bertz CT molecular complexity index is 878. The molecule has 4 rings (SSSR count). The highest BCUT2D eigenvalue weighted by Crippen LogP contribution is 2.37. The predicted molar refractivity (Wildman–Crippen MR) is 97.5 cm³/mol. The minimum Gasteiger partial charge on any atom is -0.337 e. The largest absolute Gasteiger partial charge is 0.337 e. The summed E-state index contributed by atoms with van der Waals surface area (Å²) in [5.41, 5.74) is 0. The van der Waals surface area contributed by atoms with E-state index in [-0.39, 0.29) is 12.1 Å². The number of sulfonamides is 1. The topological polar surface area (TPSA) is 91.6 Å². The maximum absolute atomic E-state index is 13.0. The van der Waals surface area contributed by atoms with E-state index in [2.05, 4.69) is 20.4 Å². The molecule has 2 fully saturated rings. The van der Waals surface area contributed by atoms with Gasteiger partial charge in [0.25, 0.3) is 10.0 Å². The number of piperazine rings is 1. The number of nitrogens with zero attached hydrogens (tertiary/aromatic N) is 4. The molecule has 0 radical (unpaired) electrons. The Morgan fingerprint density at radius 1 is 1.31 bits per heavy atom. The van der Waals surface area contributed by atoms with Crippen LogP contribution in [0.5, 0.6) is 0 Å². The summed E-state index contributed by atoms with van der Waals surface area (Å²) >= 11 is 1.30. The molecule has 0 saturated carbocycles.